The number of amides is 2. The standard InChI is InChI=1S/C17H19N3O3/c1-12-4-3-5-13(10-12)17(22)18-9-8-15(21)20-14-6-7-16(23-2)19-11-14/h3-7,10-11H,8-9H2,1-2H3,(H,18,22)(H,20,21). The van der Waals surface area contributed by atoms with Crippen LogP contribution in [0, 0.1) is 6.92 Å². The highest BCUT2D eigenvalue weighted by atomic mass is 16.5. The summed E-state index contributed by atoms with van der Waals surface area (Å²) >= 11 is 0. The normalized spacial score (nSPS) is 10.0. The maximum Gasteiger partial charge on any atom is 0.251 e. The quantitative estimate of drug-likeness (QED) is 0.856. The molecule has 1 aromatic heterocycles. The molecular weight excluding hydrogens is 294 g/mol. The molecule has 0 fully saturated rings. The zero-order valence-corrected chi connectivity index (χ0v) is 13.1. The number of carbonyl (C=O) groups excluding carboxylic acids is 2. The van der Waals surface area contributed by atoms with Crippen LogP contribution in [0.15, 0.2) is 42.6 Å². The van der Waals surface area contributed by atoms with Crippen LogP contribution in [0.1, 0.15) is 22.3 Å². The zero-order chi connectivity index (χ0) is 16.7. The molecule has 0 aliphatic carbocycles. The third kappa shape index (κ3) is 5.10. The predicted octanol–water partition coefficient (Wildman–Crippen LogP) is 2.16. The predicted molar refractivity (Wildman–Crippen MR) is 87.5 cm³/mol. The van der Waals surface area contributed by atoms with E-state index in [0.717, 1.165) is 5.56 Å². The van der Waals surface area contributed by atoms with Gasteiger partial charge in [-0.1, -0.05) is 17.7 Å². The Morgan fingerprint density at radius 2 is 2.04 bits per heavy atom. The number of benzene rings is 1. The molecule has 23 heavy (non-hydrogen) atoms. The number of anilines is 1. The number of nitrogens with one attached hydrogen (secondary N) is 2. The molecule has 0 unspecified atom stereocenters. The summed E-state index contributed by atoms with van der Waals surface area (Å²) in [6.45, 7) is 2.19. The minimum atomic E-state index is -0.193. The number of nitrogens with zero attached hydrogens (tertiary/aromatic N) is 1. The van der Waals surface area contributed by atoms with Gasteiger partial charge < -0.3 is 15.4 Å². The molecule has 6 heteroatoms. The molecule has 1 aromatic carbocycles. The number of aromatic nitrogens is 1. The first kappa shape index (κ1) is 16.5. The number of aryl methyl sites for hydroxylation is 1. The molecular formula is C17H19N3O3. The molecule has 0 bridgehead atoms. The van der Waals surface area contributed by atoms with Crippen molar-refractivity contribution >= 4 is 17.5 Å². The summed E-state index contributed by atoms with van der Waals surface area (Å²) in [5, 5.41) is 5.43. The Balaban J connectivity index is 1.77. The van der Waals surface area contributed by atoms with Gasteiger partial charge in [0.05, 0.1) is 19.0 Å². The van der Waals surface area contributed by atoms with E-state index in [4.69, 9.17) is 4.74 Å². The number of methoxy groups -OCH3 is 1. The zero-order valence-electron chi connectivity index (χ0n) is 13.1. The average Bonchev–Trinajstić information content (AvgIpc) is 2.55. The van der Waals surface area contributed by atoms with Gasteiger partial charge in [-0.25, -0.2) is 4.98 Å². The van der Waals surface area contributed by atoms with Gasteiger partial charge in [0.1, 0.15) is 0 Å². The van der Waals surface area contributed by atoms with Gasteiger partial charge >= 0.3 is 0 Å². The van der Waals surface area contributed by atoms with Crippen molar-refractivity contribution in [1.29, 1.82) is 0 Å². The van der Waals surface area contributed by atoms with E-state index in [1.54, 1.807) is 24.3 Å². The van der Waals surface area contributed by atoms with Gasteiger partial charge in [-0.2, -0.15) is 0 Å². The molecule has 0 aliphatic heterocycles. The molecule has 0 atom stereocenters. The minimum Gasteiger partial charge on any atom is -0.481 e. The van der Waals surface area contributed by atoms with Gasteiger partial charge in [0.25, 0.3) is 5.91 Å². The second-order valence-electron chi connectivity index (χ2n) is 5.01. The fourth-order valence-electron chi connectivity index (χ4n) is 1.98. The molecule has 2 aromatic rings. The van der Waals surface area contributed by atoms with Gasteiger partial charge in [-0.3, -0.25) is 9.59 Å². The number of ether oxygens (including phenoxy) is 1. The van der Waals surface area contributed by atoms with E-state index in [1.165, 1.54) is 13.3 Å². The van der Waals surface area contributed by atoms with Gasteiger partial charge in [-0.15, -0.1) is 0 Å². The van der Waals surface area contributed by atoms with Crippen LogP contribution < -0.4 is 15.4 Å². The van der Waals surface area contributed by atoms with Gasteiger partial charge in [0, 0.05) is 24.6 Å². The Hall–Kier alpha value is -2.89. The Kier molecular flexibility index (Phi) is 5.68. The highest BCUT2D eigenvalue weighted by Crippen LogP contribution is 2.11. The number of rotatable bonds is 6. The molecule has 1 heterocycles. The molecule has 0 saturated carbocycles. The molecule has 120 valence electrons. The SMILES string of the molecule is COc1ccc(NC(=O)CCNC(=O)c2cccc(C)c2)cn1. The van der Waals surface area contributed by atoms with E-state index >= 15 is 0 Å². The van der Waals surface area contributed by atoms with Crippen molar-refractivity contribution in [3.63, 3.8) is 0 Å². The lowest BCUT2D eigenvalue weighted by Gasteiger charge is -2.07. The third-order valence-electron chi connectivity index (χ3n) is 3.15. The number of carbonyl (C=O) groups is 2. The summed E-state index contributed by atoms with van der Waals surface area (Å²) < 4.78 is 4.94. The summed E-state index contributed by atoms with van der Waals surface area (Å²) in [4.78, 5) is 27.8. The maximum atomic E-state index is 11.9. The van der Waals surface area contributed by atoms with Crippen molar-refractivity contribution in [3.05, 3.63) is 53.7 Å². The number of hydrogen-bond acceptors (Lipinski definition) is 4. The lowest BCUT2D eigenvalue weighted by atomic mass is 10.1. The Morgan fingerprint density at radius 1 is 1.22 bits per heavy atom. The lowest BCUT2D eigenvalue weighted by Crippen LogP contribution is -2.27. The first-order valence-corrected chi connectivity index (χ1v) is 7.23. The van der Waals surface area contributed by atoms with Crippen molar-refractivity contribution in [3.8, 4) is 5.88 Å². The van der Waals surface area contributed by atoms with Crippen LogP contribution in [0.4, 0.5) is 5.69 Å². The van der Waals surface area contributed by atoms with Crippen LogP contribution in [-0.2, 0) is 4.79 Å². The monoisotopic (exact) mass is 313 g/mol. The molecule has 2 rings (SSSR count). The Labute approximate surface area is 134 Å². The van der Waals surface area contributed by atoms with Crippen LogP contribution in [0.3, 0.4) is 0 Å². The van der Waals surface area contributed by atoms with Crippen LogP contribution >= 0.6 is 0 Å². The van der Waals surface area contributed by atoms with Crippen molar-refractivity contribution in [2.75, 3.05) is 19.0 Å². The molecule has 0 saturated heterocycles. The second kappa shape index (κ2) is 7.93. The van der Waals surface area contributed by atoms with Gasteiger partial charge in [-0.05, 0) is 25.1 Å². The van der Waals surface area contributed by atoms with Crippen molar-refractivity contribution < 1.29 is 14.3 Å². The highest BCUT2D eigenvalue weighted by molar-refractivity contribution is 5.95. The first-order chi connectivity index (χ1) is 11.1. The van der Waals surface area contributed by atoms with Crippen LogP contribution in [0.2, 0.25) is 0 Å². The van der Waals surface area contributed by atoms with Gasteiger partial charge in [0.15, 0.2) is 0 Å². The summed E-state index contributed by atoms with van der Waals surface area (Å²) in [5.41, 5.74) is 2.19. The van der Waals surface area contributed by atoms with E-state index in [9.17, 15) is 9.59 Å². The van der Waals surface area contributed by atoms with Crippen molar-refractivity contribution in [1.82, 2.24) is 10.3 Å². The van der Waals surface area contributed by atoms with Crippen molar-refractivity contribution in [2.24, 2.45) is 0 Å². The van der Waals surface area contributed by atoms with E-state index in [1.807, 2.05) is 19.1 Å². The maximum absolute atomic E-state index is 11.9. The average molecular weight is 313 g/mol. The van der Waals surface area contributed by atoms with E-state index in [-0.39, 0.29) is 24.8 Å². The Morgan fingerprint density at radius 3 is 2.70 bits per heavy atom. The molecule has 2 N–H and O–H groups in total. The molecule has 6 nitrogen and oxygen atoms in total. The van der Waals surface area contributed by atoms with Crippen LogP contribution in [0.5, 0.6) is 5.88 Å². The summed E-state index contributed by atoms with van der Waals surface area (Å²) in [5.74, 6) is 0.0996. The summed E-state index contributed by atoms with van der Waals surface area (Å²) in [7, 11) is 1.53. The number of pyridine rings is 1. The number of hydrogen-bond donors (Lipinski definition) is 2. The minimum absolute atomic E-state index is 0.184. The van der Waals surface area contributed by atoms with Gasteiger partial charge in [0.2, 0.25) is 11.8 Å². The highest BCUT2D eigenvalue weighted by Gasteiger charge is 2.07. The van der Waals surface area contributed by atoms with E-state index in [0.29, 0.717) is 17.1 Å². The molecule has 0 radical (unpaired) electrons. The van der Waals surface area contributed by atoms with Crippen LogP contribution in [-0.4, -0.2) is 30.5 Å². The van der Waals surface area contributed by atoms with Crippen molar-refractivity contribution in [2.45, 2.75) is 13.3 Å². The first-order valence-electron chi connectivity index (χ1n) is 7.23. The molecule has 0 aliphatic rings. The van der Waals surface area contributed by atoms with E-state index in [2.05, 4.69) is 15.6 Å². The Bertz CT molecular complexity index is 684. The summed E-state index contributed by atoms with van der Waals surface area (Å²) in [6, 6.07) is 10.7. The smallest absolute Gasteiger partial charge is 0.251 e. The third-order valence-corrected chi connectivity index (χ3v) is 3.15. The second-order valence-corrected chi connectivity index (χ2v) is 5.01. The lowest BCUT2D eigenvalue weighted by molar-refractivity contribution is -0.116. The molecule has 2 amide bonds. The largest absolute Gasteiger partial charge is 0.481 e. The molecule has 0 spiro atoms. The fraction of sp³-hybridized carbons (Fsp3) is 0.235. The topological polar surface area (TPSA) is 80.3 Å². The van der Waals surface area contributed by atoms with E-state index < -0.39 is 0 Å². The fourth-order valence-corrected chi connectivity index (χ4v) is 1.98. The summed E-state index contributed by atoms with van der Waals surface area (Å²) in [6.07, 6.45) is 1.70. The van der Waals surface area contributed by atoms with Crippen LogP contribution in [0.25, 0.3) is 0 Å².